The summed E-state index contributed by atoms with van der Waals surface area (Å²) >= 11 is 0. The molecule has 3 rings (SSSR count). The molecule has 6 heteroatoms. The molecule has 2 heterocycles. The molecule has 1 fully saturated rings. The molecular formula is C19H28ClN3O2. The van der Waals surface area contributed by atoms with Gasteiger partial charge in [0.05, 0.1) is 0 Å². The molecule has 0 saturated carbocycles. The first-order valence-corrected chi connectivity index (χ1v) is 8.92. The van der Waals surface area contributed by atoms with Crippen molar-refractivity contribution in [2.45, 2.75) is 45.2 Å². The van der Waals surface area contributed by atoms with Gasteiger partial charge in [0.1, 0.15) is 6.04 Å². The summed E-state index contributed by atoms with van der Waals surface area (Å²) < 4.78 is 0. The zero-order valence-corrected chi connectivity index (χ0v) is 15.6. The van der Waals surface area contributed by atoms with E-state index in [-0.39, 0.29) is 18.3 Å². The standard InChI is InChI=1S/C19H27N3O2.ClH/c1-13(15-7-4-8-21-11-15)9-18(23)22-12-16-6-3-2-5-14(16)10-17(22)19(20)24;/h2-3,5-6,13,15,17,21H,4,7-12H2,1H3,(H2,20,24);1H. The minimum Gasteiger partial charge on any atom is -0.368 e. The van der Waals surface area contributed by atoms with Crippen LogP contribution in [0.4, 0.5) is 0 Å². The van der Waals surface area contributed by atoms with Crippen molar-refractivity contribution >= 4 is 24.2 Å². The van der Waals surface area contributed by atoms with Gasteiger partial charge in [0, 0.05) is 19.4 Å². The van der Waals surface area contributed by atoms with Gasteiger partial charge >= 0.3 is 0 Å². The average Bonchev–Trinajstić information content (AvgIpc) is 2.61. The molecule has 25 heavy (non-hydrogen) atoms. The smallest absolute Gasteiger partial charge is 0.240 e. The highest BCUT2D eigenvalue weighted by Crippen LogP contribution is 2.27. The van der Waals surface area contributed by atoms with Crippen LogP contribution < -0.4 is 11.1 Å². The van der Waals surface area contributed by atoms with Crippen molar-refractivity contribution in [1.29, 1.82) is 0 Å². The minimum absolute atomic E-state index is 0. The van der Waals surface area contributed by atoms with E-state index >= 15 is 0 Å². The van der Waals surface area contributed by atoms with Gasteiger partial charge in [0.2, 0.25) is 11.8 Å². The molecule has 0 radical (unpaired) electrons. The topological polar surface area (TPSA) is 75.4 Å². The van der Waals surface area contributed by atoms with Gasteiger partial charge in [0.25, 0.3) is 0 Å². The van der Waals surface area contributed by atoms with Crippen molar-refractivity contribution in [1.82, 2.24) is 10.2 Å². The van der Waals surface area contributed by atoms with E-state index in [0.29, 0.717) is 31.2 Å². The van der Waals surface area contributed by atoms with E-state index in [0.717, 1.165) is 24.2 Å². The molecule has 0 bridgehead atoms. The number of nitrogens with zero attached hydrogens (tertiary/aromatic N) is 1. The van der Waals surface area contributed by atoms with Gasteiger partial charge in [-0.25, -0.2) is 0 Å². The second kappa shape index (κ2) is 8.68. The SMILES string of the molecule is CC(CC(=O)N1Cc2ccccc2CC1C(N)=O)C1CCCNC1.Cl. The molecule has 138 valence electrons. The maximum Gasteiger partial charge on any atom is 0.240 e. The first kappa shape index (κ1) is 19.7. The fourth-order valence-electron chi connectivity index (χ4n) is 3.96. The molecule has 0 aromatic heterocycles. The third kappa shape index (κ3) is 4.53. The number of piperidine rings is 1. The van der Waals surface area contributed by atoms with E-state index in [2.05, 4.69) is 12.2 Å². The second-order valence-electron chi connectivity index (χ2n) is 7.20. The summed E-state index contributed by atoms with van der Waals surface area (Å²) in [6.07, 6.45) is 3.35. The van der Waals surface area contributed by atoms with Crippen LogP contribution in [0.2, 0.25) is 0 Å². The van der Waals surface area contributed by atoms with Crippen LogP contribution in [0.1, 0.15) is 37.3 Å². The molecule has 3 atom stereocenters. The first-order chi connectivity index (χ1) is 11.6. The van der Waals surface area contributed by atoms with Crippen LogP contribution in [0.5, 0.6) is 0 Å². The van der Waals surface area contributed by atoms with Gasteiger partial charge in [0.15, 0.2) is 0 Å². The first-order valence-electron chi connectivity index (χ1n) is 8.92. The lowest BCUT2D eigenvalue weighted by Gasteiger charge is -2.36. The minimum atomic E-state index is -0.524. The molecule has 1 aromatic carbocycles. The van der Waals surface area contributed by atoms with E-state index in [1.54, 1.807) is 4.90 Å². The quantitative estimate of drug-likeness (QED) is 0.855. The van der Waals surface area contributed by atoms with Crippen LogP contribution in [0.25, 0.3) is 0 Å². The predicted molar refractivity (Wildman–Crippen MR) is 100 cm³/mol. The third-order valence-electron chi connectivity index (χ3n) is 5.53. The number of nitrogens with two attached hydrogens (primary N) is 1. The number of primary amides is 1. The Kier molecular flexibility index (Phi) is 6.85. The fourth-order valence-corrected chi connectivity index (χ4v) is 3.96. The highest BCUT2D eigenvalue weighted by molar-refractivity contribution is 5.87. The number of rotatable bonds is 4. The molecular weight excluding hydrogens is 338 g/mol. The number of nitrogens with one attached hydrogen (secondary N) is 1. The highest BCUT2D eigenvalue weighted by atomic mass is 35.5. The van der Waals surface area contributed by atoms with Crippen molar-refractivity contribution in [3.05, 3.63) is 35.4 Å². The van der Waals surface area contributed by atoms with E-state index in [4.69, 9.17) is 5.73 Å². The van der Waals surface area contributed by atoms with E-state index in [1.807, 2.05) is 24.3 Å². The normalized spacial score (nSPS) is 24.0. The molecule has 0 spiro atoms. The van der Waals surface area contributed by atoms with Crippen LogP contribution >= 0.6 is 12.4 Å². The molecule has 2 amide bonds. The molecule has 2 aliphatic heterocycles. The van der Waals surface area contributed by atoms with Crippen LogP contribution in [0.3, 0.4) is 0 Å². The number of carbonyl (C=O) groups is 2. The van der Waals surface area contributed by atoms with E-state index in [9.17, 15) is 9.59 Å². The van der Waals surface area contributed by atoms with Gasteiger partial charge in [-0.3, -0.25) is 9.59 Å². The summed E-state index contributed by atoms with van der Waals surface area (Å²) in [5.74, 6) is 0.485. The average molecular weight is 366 g/mol. The molecule has 3 unspecified atom stereocenters. The predicted octanol–water partition coefficient (Wildman–Crippen LogP) is 1.87. The highest BCUT2D eigenvalue weighted by Gasteiger charge is 2.34. The monoisotopic (exact) mass is 365 g/mol. The Balaban J connectivity index is 0.00000225. The summed E-state index contributed by atoms with van der Waals surface area (Å²) in [6.45, 7) is 4.69. The van der Waals surface area contributed by atoms with Crippen LogP contribution in [-0.2, 0) is 22.6 Å². The van der Waals surface area contributed by atoms with Crippen molar-refractivity contribution in [2.24, 2.45) is 17.6 Å². The largest absolute Gasteiger partial charge is 0.368 e. The lowest BCUT2D eigenvalue weighted by Crippen LogP contribution is -2.51. The lowest BCUT2D eigenvalue weighted by atomic mass is 9.84. The Morgan fingerprint density at radius 1 is 1.32 bits per heavy atom. The maximum atomic E-state index is 12.9. The molecule has 2 aliphatic rings. The molecule has 1 saturated heterocycles. The number of hydrogen-bond acceptors (Lipinski definition) is 3. The summed E-state index contributed by atoms with van der Waals surface area (Å²) in [7, 11) is 0. The zero-order valence-electron chi connectivity index (χ0n) is 14.7. The van der Waals surface area contributed by atoms with Gasteiger partial charge in [-0.15, -0.1) is 12.4 Å². The maximum absolute atomic E-state index is 12.9. The molecule has 3 N–H and O–H groups in total. The van der Waals surface area contributed by atoms with Gasteiger partial charge < -0.3 is 16.0 Å². The number of carbonyl (C=O) groups excluding carboxylic acids is 2. The lowest BCUT2D eigenvalue weighted by molar-refractivity contribution is -0.141. The summed E-state index contributed by atoms with van der Waals surface area (Å²) in [5, 5.41) is 3.41. The summed E-state index contributed by atoms with van der Waals surface area (Å²) in [5.41, 5.74) is 7.82. The summed E-state index contributed by atoms with van der Waals surface area (Å²) in [6, 6.07) is 7.46. The van der Waals surface area contributed by atoms with Crippen LogP contribution in [0.15, 0.2) is 24.3 Å². The Labute approximate surface area is 155 Å². The van der Waals surface area contributed by atoms with Crippen molar-refractivity contribution < 1.29 is 9.59 Å². The summed E-state index contributed by atoms with van der Waals surface area (Å²) in [4.78, 5) is 26.5. The Morgan fingerprint density at radius 3 is 2.68 bits per heavy atom. The molecule has 5 nitrogen and oxygen atoms in total. The molecule has 0 aliphatic carbocycles. The van der Waals surface area contributed by atoms with E-state index < -0.39 is 11.9 Å². The van der Waals surface area contributed by atoms with Crippen molar-refractivity contribution in [3.63, 3.8) is 0 Å². The van der Waals surface area contributed by atoms with Gasteiger partial charge in [-0.2, -0.15) is 0 Å². The Bertz CT molecular complexity index is 616. The van der Waals surface area contributed by atoms with E-state index in [1.165, 1.54) is 12.8 Å². The van der Waals surface area contributed by atoms with Gasteiger partial charge in [-0.05, 0) is 48.9 Å². The van der Waals surface area contributed by atoms with Gasteiger partial charge in [-0.1, -0.05) is 31.2 Å². The van der Waals surface area contributed by atoms with Crippen molar-refractivity contribution in [3.8, 4) is 0 Å². The number of fused-ring (bicyclic) bond motifs is 1. The fraction of sp³-hybridized carbons (Fsp3) is 0.579. The number of amides is 2. The van der Waals surface area contributed by atoms with Crippen LogP contribution in [0, 0.1) is 11.8 Å². The Morgan fingerprint density at radius 2 is 2.04 bits per heavy atom. The Hall–Kier alpha value is -1.59. The number of hydrogen-bond donors (Lipinski definition) is 2. The number of halogens is 1. The van der Waals surface area contributed by atoms with Crippen molar-refractivity contribution in [2.75, 3.05) is 13.1 Å². The van der Waals surface area contributed by atoms with Crippen LogP contribution in [-0.4, -0.2) is 35.8 Å². The third-order valence-corrected chi connectivity index (χ3v) is 5.53. The number of benzene rings is 1. The zero-order chi connectivity index (χ0) is 17.1. The molecule has 1 aromatic rings. The second-order valence-corrected chi connectivity index (χ2v) is 7.20.